The molecule has 0 bridgehead atoms. The van der Waals surface area contributed by atoms with E-state index < -0.39 is 10.0 Å². The summed E-state index contributed by atoms with van der Waals surface area (Å²) in [6.07, 6.45) is 4.08. The first kappa shape index (κ1) is 21.5. The summed E-state index contributed by atoms with van der Waals surface area (Å²) in [7, 11) is -3.87. The SMILES string of the molecule is CCOc1ccc(NS(=O)(=O)c2ccc(Cl)c(C(=O)N3CCCCCC3)c2)cc1. The Morgan fingerprint density at radius 2 is 1.72 bits per heavy atom. The number of anilines is 1. The summed E-state index contributed by atoms with van der Waals surface area (Å²) < 4.78 is 33.5. The molecule has 1 N–H and O–H groups in total. The molecule has 1 aliphatic heterocycles. The van der Waals surface area contributed by atoms with E-state index in [1.807, 2.05) is 6.92 Å². The molecule has 1 aliphatic rings. The predicted octanol–water partition coefficient (Wildman–Crippen LogP) is 4.56. The van der Waals surface area contributed by atoms with Crippen molar-refractivity contribution >= 4 is 33.2 Å². The Hall–Kier alpha value is -2.25. The van der Waals surface area contributed by atoms with Crippen LogP contribution in [0, 0.1) is 0 Å². The van der Waals surface area contributed by atoms with Crippen LogP contribution >= 0.6 is 11.6 Å². The maximum atomic E-state index is 12.9. The number of hydrogen-bond donors (Lipinski definition) is 1. The van der Waals surface area contributed by atoms with E-state index in [0.717, 1.165) is 25.7 Å². The van der Waals surface area contributed by atoms with Crippen LogP contribution in [0.1, 0.15) is 43.0 Å². The van der Waals surface area contributed by atoms with Crippen LogP contribution in [0.5, 0.6) is 5.75 Å². The van der Waals surface area contributed by atoms with Crippen molar-refractivity contribution in [3.63, 3.8) is 0 Å². The Labute approximate surface area is 176 Å². The fourth-order valence-electron chi connectivity index (χ4n) is 3.28. The van der Waals surface area contributed by atoms with E-state index in [4.69, 9.17) is 16.3 Å². The van der Waals surface area contributed by atoms with Crippen molar-refractivity contribution in [2.75, 3.05) is 24.4 Å². The Balaban J connectivity index is 1.82. The fraction of sp³-hybridized carbons (Fsp3) is 0.381. The van der Waals surface area contributed by atoms with Crippen LogP contribution in [-0.4, -0.2) is 38.9 Å². The van der Waals surface area contributed by atoms with Crippen molar-refractivity contribution in [1.29, 1.82) is 0 Å². The molecule has 8 heteroatoms. The van der Waals surface area contributed by atoms with E-state index in [1.165, 1.54) is 18.2 Å². The monoisotopic (exact) mass is 436 g/mol. The van der Waals surface area contributed by atoms with Gasteiger partial charge in [0, 0.05) is 18.8 Å². The van der Waals surface area contributed by atoms with Gasteiger partial charge in [-0.1, -0.05) is 24.4 Å². The number of rotatable bonds is 6. The summed E-state index contributed by atoms with van der Waals surface area (Å²) in [5.41, 5.74) is 0.618. The average molecular weight is 437 g/mol. The number of nitrogens with zero attached hydrogens (tertiary/aromatic N) is 1. The highest BCUT2D eigenvalue weighted by molar-refractivity contribution is 7.92. The fourth-order valence-corrected chi connectivity index (χ4v) is 4.56. The lowest BCUT2D eigenvalue weighted by molar-refractivity contribution is 0.0761. The molecule has 0 unspecified atom stereocenters. The van der Waals surface area contributed by atoms with Crippen molar-refractivity contribution in [2.45, 2.75) is 37.5 Å². The number of carbonyl (C=O) groups excluding carboxylic acids is 1. The first-order valence-corrected chi connectivity index (χ1v) is 11.6. The summed E-state index contributed by atoms with van der Waals surface area (Å²) in [6.45, 7) is 3.73. The first-order chi connectivity index (χ1) is 13.9. The van der Waals surface area contributed by atoms with Gasteiger partial charge in [0.15, 0.2) is 0 Å². The van der Waals surface area contributed by atoms with E-state index in [9.17, 15) is 13.2 Å². The molecule has 0 atom stereocenters. The summed E-state index contributed by atoms with van der Waals surface area (Å²) in [5.74, 6) is 0.433. The zero-order chi connectivity index (χ0) is 20.9. The number of nitrogens with one attached hydrogen (secondary N) is 1. The topological polar surface area (TPSA) is 75.7 Å². The Morgan fingerprint density at radius 1 is 1.07 bits per heavy atom. The number of halogens is 1. The van der Waals surface area contributed by atoms with E-state index >= 15 is 0 Å². The molecule has 3 rings (SSSR count). The second kappa shape index (κ2) is 9.50. The number of benzene rings is 2. The van der Waals surface area contributed by atoms with Crippen LogP contribution in [-0.2, 0) is 10.0 Å². The van der Waals surface area contributed by atoms with Crippen LogP contribution in [0.15, 0.2) is 47.4 Å². The Kier molecular flexibility index (Phi) is 7.03. The molecule has 0 aliphatic carbocycles. The number of hydrogen-bond acceptors (Lipinski definition) is 4. The van der Waals surface area contributed by atoms with Crippen LogP contribution < -0.4 is 9.46 Å². The number of sulfonamides is 1. The van der Waals surface area contributed by atoms with Gasteiger partial charge in [-0.25, -0.2) is 8.42 Å². The molecule has 0 radical (unpaired) electrons. The molecule has 0 aromatic heterocycles. The zero-order valence-corrected chi connectivity index (χ0v) is 17.9. The van der Waals surface area contributed by atoms with Crippen LogP contribution in [0.2, 0.25) is 5.02 Å². The maximum absolute atomic E-state index is 12.9. The van der Waals surface area contributed by atoms with Gasteiger partial charge in [0.25, 0.3) is 15.9 Å². The average Bonchev–Trinajstić information content (AvgIpc) is 2.99. The maximum Gasteiger partial charge on any atom is 0.261 e. The van der Waals surface area contributed by atoms with Gasteiger partial charge < -0.3 is 9.64 Å². The minimum Gasteiger partial charge on any atom is -0.494 e. The van der Waals surface area contributed by atoms with Gasteiger partial charge in [-0.3, -0.25) is 9.52 Å². The van der Waals surface area contributed by atoms with Gasteiger partial charge >= 0.3 is 0 Å². The van der Waals surface area contributed by atoms with Crippen molar-refractivity contribution in [1.82, 2.24) is 4.90 Å². The highest BCUT2D eigenvalue weighted by atomic mass is 35.5. The molecule has 0 saturated carbocycles. The molecular weight excluding hydrogens is 412 g/mol. The van der Waals surface area contributed by atoms with Gasteiger partial charge in [-0.15, -0.1) is 0 Å². The highest BCUT2D eigenvalue weighted by Gasteiger charge is 2.23. The lowest BCUT2D eigenvalue weighted by Gasteiger charge is -2.21. The molecule has 1 amide bonds. The normalized spacial score (nSPS) is 14.9. The van der Waals surface area contributed by atoms with E-state index in [-0.39, 0.29) is 21.4 Å². The quantitative estimate of drug-likeness (QED) is 0.720. The molecule has 2 aromatic carbocycles. The highest BCUT2D eigenvalue weighted by Crippen LogP contribution is 2.25. The van der Waals surface area contributed by atoms with Crippen molar-refractivity contribution < 1.29 is 17.9 Å². The molecule has 6 nitrogen and oxygen atoms in total. The van der Waals surface area contributed by atoms with E-state index in [0.29, 0.717) is 31.1 Å². The lowest BCUT2D eigenvalue weighted by Crippen LogP contribution is -2.32. The molecule has 2 aromatic rings. The van der Waals surface area contributed by atoms with E-state index in [1.54, 1.807) is 29.2 Å². The smallest absolute Gasteiger partial charge is 0.261 e. The van der Waals surface area contributed by atoms with Gasteiger partial charge in [0.2, 0.25) is 0 Å². The summed E-state index contributed by atoms with van der Waals surface area (Å²) in [5, 5.41) is 0.249. The van der Waals surface area contributed by atoms with Gasteiger partial charge in [-0.2, -0.15) is 0 Å². The second-order valence-electron chi connectivity index (χ2n) is 6.91. The minimum absolute atomic E-state index is 0.00560. The zero-order valence-electron chi connectivity index (χ0n) is 16.4. The summed E-state index contributed by atoms with van der Waals surface area (Å²) in [6, 6.07) is 10.8. The predicted molar refractivity (Wildman–Crippen MR) is 114 cm³/mol. The molecule has 1 saturated heterocycles. The number of likely N-dealkylation sites (tertiary alicyclic amines) is 1. The first-order valence-electron chi connectivity index (χ1n) is 9.75. The van der Waals surface area contributed by atoms with E-state index in [2.05, 4.69) is 4.72 Å². The molecule has 0 spiro atoms. The van der Waals surface area contributed by atoms with Gasteiger partial charge in [0.1, 0.15) is 5.75 Å². The largest absolute Gasteiger partial charge is 0.494 e. The number of ether oxygens (including phenoxy) is 1. The molecule has 1 fully saturated rings. The summed E-state index contributed by atoms with van der Waals surface area (Å²) >= 11 is 6.23. The third kappa shape index (κ3) is 5.42. The van der Waals surface area contributed by atoms with Crippen LogP contribution in [0.4, 0.5) is 5.69 Å². The van der Waals surface area contributed by atoms with Gasteiger partial charge in [0.05, 0.1) is 22.1 Å². The van der Waals surface area contributed by atoms with Crippen LogP contribution in [0.3, 0.4) is 0 Å². The number of carbonyl (C=O) groups is 1. The minimum atomic E-state index is -3.87. The number of amides is 1. The lowest BCUT2D eigenvalue weighted by atomic mass is 10.2. The Morgan fingerprint density at radius 3 is 2.34 bits per heavy atom. The molecule has 29 heavy (non-hydrogen) atoms. The third-order valence-electron chi connectivity index (χ3n) is 4.79. The van der Waals surface area contributed by atoms with Crippen molar-refractivity contribution in [3.05, 3.63) is 53.1 Å². The van der Waals surface area contributed by atoms with Crippen LogP contribution in [0.25, 0.3) is 0 Å². The van der Waals surface area contributed by atoms with Gasteiger partial charge in [-0.05, 0) is 62.2 Å². The second-order valence-corrected chi connectivity index (χ2v) is 9.00. The standard InChI is InChI=1S/C21H25ClN2O4S/c1-2-28-17-9-7-16(8-10-17)23-29(26,27)18-11-12-20(22)19(15-18)21(25)24-13-5-3-4-6-14-24/h7-12,15,23H,2-6,13-14H2,1H3. The van der Waals surface area contributed by atoms with Crippen molar-refractivity contribution in [2.24, 2.45) is 0 Å². The molecule has 156 valence electrons. The summed E-state index contributed by atoms with van der Waals surface area (Å²) in [4.78, 5) is 14.7. The third-order valence-corrected chi connectivity index (χ3v) is 6.50. The van der Waals surface area contributed by atoms with Crippen molar-refractivity contribution in [3.8, 4) is 5.75 Å². The Bertz CT molecular complexity index is 953. The molecular formula is C21H25ClN2O4S. The molecule has 1 heterocycles.